The topological polar surface area (TPSA) is 83.4 Å². The van der Waals surface area contributed by atoms with Gasteiger partial charge in [0.2, 0.25) is 5.91 Å². The van der Waals surface area contributed by atoms with Crippen molar-refractivity contribution in [3.63, 3.8) is 0 Å². The molecule has 1 N–H and O–H groups in total. The highest BCUT2D eigenvalue weighted by Crippen LogP contribution is 2.29. The van der Waals surface area contributed by atoms with E-state index in [1.807, 2.05) is 35.9 Å². The van der Waals surface area contributed by atoms with Gasteiger partial charge in [0.05, 0.1) is 0 Å². The lowest BCUT2D eigenvalue weighted by atomic mass is 9.90. The van der Waals surface area contributed by atoms with Gasteiger partial charge in [-0.3, -0.25) is 19.2 Å². The van der Waals surface area contributed by atoms with Crippen molar-refractivity contribution in [3.8, 4) is 10.6 Å². The number of likely N-dealkylation sites (N-methyl/N-ethyl adjacent to an activating group) is 1. The normalized spacial score (nSPS) is 19.9. The molecule has 0 fully saturated rings. The SMILES string of the molecule is Cc1ccccc1-c1ncc(CN2CCCNC(=O)c3nn(C)c4c3CC(CC4)N(C)C(=O)CCC2)s1. The third kappa shape index (κ3) is 5.62. The Hall–Kier alpha value is -3.04. The van der Waals surface area contributed by atoms with Crippen LogP contribution in [0.2, 0.25) is 0 Å². The summed E-state index contributed by atoms with van der Waals surface area (Å²) in [6, 6.07) is 8.44. The van der Waals surface area contributed by atoms with Crippen LogP contribution >= 0.6 is 11.3 Å². The van der Waals surface area contributed by atoms with Gasteiger partial charge in [-0.15, -0.1) is 11.3 Å². The van der Waals surface area contributed by atoms with Gasteiger partial charge < -0.3 is 10.2 Å². The van der Waals surface area contributed by atoms with Crippen LogP contribution in [0, 0.1) is 6.92 Å². The van der Waals surface area contributed by atoms with Crippen LogP contribution in [0.1, 0.15) is 57.9 Å². The van der Waals surface area contributed by atoms with E-state index >= 15 is 0 Å². The molecule has 9 heteroatoms. The average Bonchev–Trinajstić information content (AvgIpc) is 3.49. The Bertz CT molecular complexity index is 1280. The summed E-state index contributed by atoms with van der Waals surface area (Å²) in [7, 11) is 3.82. The predicted molar refractivity (Wildman–Crippen MR) is 146 cm³/mol. The second-order valence-electron chi connectivity index (χ2n) is 10.2. The fourth-order valence-corrected chi connectivity index (χ4v) is 6.56. The minimum absolute atomic E-state index is 0.106. The first kappa shape index (κ1) is 25.6. The van der Waals surface area contributed by atoms with E-state index in [-0.39, 0.29) is 17.9 Å². The van der Waals surface area contributed by atoms with Gasteiger partial charge in [0.1, 0.15) is 5.01 Å². The third-order valence-corrected chi connectivity index (χ3v) is 8.71. The van der Waals surface area contributed by atoms with Gasteiger partial charge in [0, 0.05) is 74.1 Å². The first-order valence-electron chi connectivity index (χ1n) is 13.2. The number of aromatic nitrogens is 3. The number of benzene rings is 1. The summed E-state index contributed by atoms with van der Waals surface area (Å²) >= 11 is 1.73. The molecule has 196 valence electrons. The largest absolute Gasteiger partial charge is 0.351 e. The van der Waals surface area contributed by atoms with Crippen LogP contribution < -0.4 is 5.32 Å². The zero-order valence-corrected chi connectivity index (χ0v) is 22.8. The summed E-state index contributed by atoms with van der Waals surface area (Å²) in [4.78, 5) is 36.3. The van der Waals surface area contributed by atoms with Crippen LogP contribution in [-0.4, -0.2) is 69.1 Å². The van der Waals surface area contributed by atoms with Crippen molar-refractivity contribution >= 4 is 23.2 Å². The van der Waals surface area contributed by atoms with Crippen molar-refractivity contribution in [2.45, 2.75) is 58.0 Å². The molecule has 2 aromatic heterocycles. The van der Waals surface area contributed by atoms with E-state index in [2.05, 4.69) is 40.4 Å². The van der Waals surface area contributed by atoms with Gasteiger partial charge >= 0.3 is 0 Å². The van der Waals surface area contributed by atoms with Gasteiger partial charge in [0.25, 0.3) is 5.91 Å². The second kappa shape index (κ2) is 11.1. The fraction of sp³-hybridized carbons (Fsp3) is 0.500. The van der Waals surface area contributed by atoms with E-state index in [1.54, 1.807) is 11.3 Å². The Morgan fingerprint density at radius 1 is 1.11 bits per heavy atom. The molecule has 0 saturated carbocycles. The summed E-state index contributed by atoms with van der Waals surface area (Å²) in [6.45, 7) is 5.17. The van der Waals surface area contributed by atoms with E-state index in [1.165, 1.54) is 16.0 Å². The lowest BCUT2D eigenvalue weighted by Crippen LogP contribution is -2.41. The highest BCUT2D eigenvalue weighted by atomic mass is 32.1. The highest BCUT2D eigenvalue weighted by molar-refractivity contribution is 7.15. The summed E-state index contributed by atoms with van der Waals surface area (Å²) in [6.07, 6.45) is 6.58. The molecule has 1 aliphatic heterocycles. The Labute approximate surface area is 222 Å². The lowest BCUT2D eigenvalue weighted by molar-refractivity contribution is -0.132. The standard InChI is InChI=1S/C28H36N6O2S/c1-19-8-4-5-9-22(19)28-30-17-21(37-28)18-34-14-6-10-25(35)32(2)20-11-12-24-23(16-20)26(31-33(24)3)27(36)29-13-7-15-34/h4-5,8-9,17,20H,6-7,10-16,18H2,1-3H3,(H,29,36). The maximum Gasteiger partial charge on any atom is 0.272 e. The molecular weight excluding hydrogens is 484 g/mol. The van der Waals surface area contributed by atoms with Crippen LogP contribution in [-0.2, 0) is 31.2 Å². The van der Waals surface area contributed by atoms with Crippen molar-refractivity contribution < 1.29 is 9.59 Å². The molecule has 0 saturated heterocycles. The smallest absolute Gasteiger partial charge is 0.272 e. The van der Waals surface area contributed by atoms with E-state index in [9.17, 15) is 9.59 Å². The molecule has 1 aromatic carbocycles. The maximum atomic E-state index is 13.1. The maximum absolute atomic E-state index is 13.1. The summed E-state index contributed by atoms with van der Waals surface area (Å²) in [5, 5.41) is 8.68. The van der Waals surface area contributed by atoms with Gasteiger partial charge in [-0.05, 0) is 51.1 Å². The number of nitrogens with zero attached hydrogens (tertiary/aromatic N) is 5. The molecule has 5 rings (SSSR count). The molecule has 2 amide bonds. The molecule has 3 aromatic rings. The zero-order valence-electron chi connectivity index (χ0n) is 22.0. The van der Waals surface area contributed by atoms with Gasteiger partial charge in [-0.2, -0.15) is 5.10 Å². The number of hydrogen-bond acceptors (Lipinski definition) is 6. The number of carbonyl (C=O) groups excluding carboxylic acids is 2. The highest BCUT2D eigenvalue weighted by Gasteiger charge is 2.31. The number of carbonyl (C=O) groups is 2. The number of nitrogens with one attached hydrogen (secondary N) is 1. The van der Waals surface area contributed by atoms with Crippen molar-refractivity contribution in [3.05, 3.63) is 57.9 Å². The first-order chi connectivity index (χ1) is 17.9. The Morgan fingerprint density at radius 3 is 2.76 bits per heavy atom. The molecule has 2 bridgehead atoms. The molecule has 0 spiro atoms. The number of hydrogen-bond donors (Lipinski definition) is 1. The summed E-state index contributed by atoms with van der Waals surface area (Å²) in [5.74, 6) is 0.0658. The van der Waals surface area contributed by atoms with Gasteiger partial charge in [0.15, 0.2) is 5.69 Å². The Kier molecular flexibility index (Phi) is 7.71. The second-order valence-corrected chi connectivity index (χ2v) is 11.3. The van der Waals surface area contributed by atoms with Crippen molar-refractivity contribution in [2.24, 2.45) is 7.05 Å². The number of amides is 2. The van der Waals surface area contributed by atoms with Crippen molar-refractivity contribution in [1.82, 2.24) is 29.9 Å². The third-order valence-electron chi connectivity index (χ3n) is 7.70. The van der Waals surface area contributed by atoms with E-state index < -0.39 is 0 Å². The molecular formula is C28H36N6O2S. The molecule has 2 aliphatic rings. The number of aryl methyl sites for hydroxylation is 2. The first-order valence-corrected chi connectivity index (χ1v) is 14.0. The Morgan fingerprint density at radius 2 is 1.92 bits per heavy atom. The molecule has 0 radical (unpaired) electrons. The van der Waals surface area contributed by atoms with Crippen molar-refractivity contribution in [1.29, 1.82) is 0 Å². The molecule has 1 atom stereocenters. The van der Waals surface area contributed by atoms with E-state index in [4.69, 9.17) is 4.98 Å². The van der Waals surface area contributed by atoms with Crippen LogP contribution in [0.3, 0.4) is 0 Å². The number of rotatable bonds is 3. The van der Waals surface area contributed by atoms with E-state index in [0.717, 1.165) is 61.6 Å². The molecule has 1 aliphatic carbocycles. The fourth-order valence-electron chi connectivity index (χ4n) is 5.51. The minimum Gasteiger partial charge on any atom is -0.351 e. The summed E-state index contributed by atoms with van der Waals surface area (Å²) in [5.41, 5.74) is 5.04. The van der Waals surface area contributed by atoms with Crippen LogP contribution in [0.15, 0.2) is 30.5 Å². The molecule has 3 heterocycles. The molecule has 8 nitrogen and oxygen atoms in total. The summed E-state index contributed by atoms with van der Waals surface area (Å²) < 4.78 is 1.84. The minimum atomic E-state index is -0.113. The number of fused-ring (bicyclic) bond motifs is 1. The predicted octanol–water partition coefficient (Wildman–Crippen LogP) is 3.58. The van der Waals surface area contributed by atoms with Gasteiger partial charge in [-0.1, -0.05) is 24.3 Å². The molecule has 37 heavy (non-hydrogen) atoms. The number of thiazole rings is 1. The van der Waals surface area contributed by atoms with Crippen LogP contribution in [0.5, 0.6) is 0 Å². The zero-order chi connectivity index (χ0) is 25.9. The van der Waals surface area contributed by atoms with Crippen LogP contribution in [0.4, 0.5) is 0 Å². The molecule has 1 unspecified atom stereocenters. The quantitative estimate of drug-likeness (QED) is 0.571. The lowest BCUT2D eigenvalue weighted by Gasteiger charge is -2.32. The van der Waals surface area contributed by atoms with Crippen molar-refractivity contribution in [2.75, 3.05) is 26.7 Å². The van der Waals surface area contributed by atoms with Crippen LogP contribution in [0.25, 0.3) is 10.6 Å². The Balaban J connectivity index is 1.30. The van der Waals surface area contributed by atoms with E-state index in [0.29, 0.717) is 25.1 Å². The van der Waals surface area contributed by atoms with Gasteiger partial charge in [-0.25, -0.2) is 4.98 Å². The average molecular weight is 521 g/mol. The monoisotopic (exact) mass is 520 g/mol.